The fourth-order valence-electron chi connectivity index (χ4n) is 2.03. The van der Waals surface area contributed by atoms with E-state index in [1.54, 1.807) is 0 Å². The minimum Gasteiger partial charge on any atom is -0.494 e. The Bertz CT molecular complexity index is 574. The van der Waals surface area contributed by atoms with Crippen LogP contribution >= 0.6 is 0 Å². The van der Waals surface area contributed by atoms with Gasteiger partial charge in [-0.2, -0.15) is 5.26 Å². The Kier molecular flexibility index (Phi) is 4.15. The number of nitrogens with one attached hydrogen (secondary N) is 1. The maximum atomic E-state index is 9.09. The molecule has 1 aromatic carbocycles. The number of nitriles is 1. The lowest BCUT2D eigenvalue weighted by atomic mass is 9.91. The van der Waals surface area contributed by atoms with Crippen molar-refractivity contribution in [3.05, 3.63) is 47.1 Å². The lowest BCUT2D eigenvalue weighted by Crippen LogP contribution is -2.05. The van der Waals surface area contributed by atoms with Crippen LogP contribution in [0, 0.1) is 16.7 Å². The topological polar surface area (TPSA) is 56.9 Å². The Balaban J connectivity index is 2.24. The summed E-state index contributed by atoms with van der Waals surface area (Å²) in [7, 11) is 0. The van der Waals surface area contributed by atoms with Crippen LogP contribution in [-0.2, 0) is 0 Å². The van der Waals surface area contributed by atoms with E-state index in [0.29, 0.717) is 30.7 Å². The molecule has 0 fully saturated rings. The average Bonchev–Trinajstić information content (AvgIpc) is 2.42. The summed E-state index contributed by atoms with van der Waals surface area (Å²) in [6.45, 7) is 2.60. The van der Waals surface area contributed by atoms with Gasteiger partial charge in [-0.25, -0.2) is 0 Å². The number of benzene rings is 1. The standard InChI is InChI=1S/C16H16N2O/c1-2-19-16-7-3-12(4-8-16)9-14-10-15(18)6-5-13(14)11-17/h3-5,7-9,18H,2,6,10H2,1H3. The zero-order valence-electron chi connectivity index (χ0n) is 10.9. The van der Waals surface area contributed by atoms with E-state index < -0.39 is 0 Å². The number of nitrogens with zero attached hydrogens (tertiary/aromatic N) is 1. The maximum absolute atomic E-state index is 9.09. The second kappa shape index (κ2) is 6.01. The molecule has 1 aromatic rings. The van der Waals surface area contributed by atoms with Gasteiger partial charge in [-0.3, -0.25) is 0 Å². The van der Waals surface area contributed by atoms with Crippen molar-refractivity contribution in [3.8, 4) is 11.8 Å². The van der Waals surface area contributed by atoms with Crippen LogP contribution in [0.1, 0.15) is 25.3 Å². The monoisotopic (exact) mass is 252 g/mol. The predicted octanol–water partition coefficient (Wildman–Crippen LogP) is 3.73. The molecular weight excluding hydrogens is 236 g/mol. The van der Waals surface area contributed by atoms with Gasteiger partial charge in [0.1, 0.15) is 5.75 Å². The second-order valence-corrected chi connectivity index (χ2v) is 4.39. The summed E-state index contributed by atoms with van der Waals surface area (Å²) in [6.07, 6.45) is 4.95. The molecule has 0 aliphatic heterocycles. The minimum absolute atomic E-state index is 0.562. The molecule has 0 saturated heterocycles. The van der Waals surface area contributed by atoms with E-state index >= 15 is 0 Å². The van der Waals surface area contributed by atoms with Crippen LogP contribution in [0.2, 0.25) is 0 Å². The van der Waals surface area contributed by atoms with Crippen LogP contribution in [0.3, 0.4) is 0 Å². The highest BCUT2D eigenvalue weighted by atomic mass is 16.5. The summed E-state index contributed by atoms with van der Waals surface area (Å²) in [5.41, 5.74) is 3.28. The number of hydrogen-bond donors (Lipinski definition) is 1. The third kappa shape index (κ3) is 3.32. The number of hydrogen-bond acceptors (Lipinski definition) is 3. The van der Waals surface area contributed by atoms with Crippen molar-refractivity contribution in [1.29, 1.82) is 10.7 Å². The lowest BCUT2D eigenvalue weighted by molar-refractivity contribution is 0.340. The van der Waals surface area contributed by atoms with Gasteiger partial charge in [-0.1, -0.05) is 24.3 Å². The first kappa shape index (κ1) is 13.1. The molecule has 3 heteroatoms. The van der Waals surface area contributed by atoms with Crippen molar-refractivity contribution in [3.63, 3.8) is 0 Å². The van der Waals surface area contributed by atoms with Crippen LogP contribution in [0.4, 0.5) is 0 Å². The summed E-state index contributed by atoms with van der Waals surface area (Å²) >= 11 is 0. The van der Waals surface area contributed by atoms with E-state index in [-0.39, 0.29) is 0 Å². The molecule has 0 aromatic heterocycles. The van der Waals surface area contributed by atoms with E-state index in [1.165, 1.54) is 0 Å². The van der Waals surface area contributed by atoms with Gasteiger partial charge in [0.05, 0.1) is 18.2 Å². The fraction of sp³-hybridized carbons (Fsp3) is 0.250. The van der Waals surface area contributed by atoms with Crippen molar-refractivity contribution < 1.29 is 4.74 Å². The largest absolute Gasteiger partial charge is 0.494 e. The van der Waals surface area contributed by atoms with E-state index in [1.807, 2.05) is 43.3 Å². The number of ether oxygens (including phenoxy) is 1. The Labute approximate surface area is 113 Å². The summed E-state index contributed by atoms with van der Waals surface area (Å²) in [6, 6.07) is 9.96. The van der Waals surface area contributed by atoms with Gasteiger partial charge in [0.2, 0.25) is 0 Å². The molecule has 0 bridgehead atoms. The molecule has 19 heavy (non-hydrogen) atoms. The van der Waals surface area contributed by atoms with Crippen LogP contribution in [0.5, 0.6) is 5.75 Å². The molecule has 2 rings (SSSR count). The molecule has 0 unspecified atom stereocenters. The lowest BCUT2D eigenvalue weighted by Gasteiger charge is -2.12. The molecule has 96 valence electrons. The van der Waals surface area contributed by atoms with Crippen molar-refractivity contribution in [2.24, 2.45) is 0 Å². The second-order valence-electron chi connectivity index (χ2n) is 4.39. The Morgan fingerprint density at radius 1 is 1.37 bits per heavy atom. The van der Waals surface area contributed by atoms with Gasteiger partial charge in [-0.15, -0.1) is 0 Å². The van der Waals surface area contributed by atoms with Crippen LogP contribution in [0.15, 0.2) is 41.5 Å². The van der Waals surface area contributed by atoms with Crippen molar-refractivity contribution >= 4 is 11.8 Å². The maximum Gasteiger partial charge on any atom is 0.119 e. The predicted molar refractivity (Wildman–Crippen MR) is 76.2 cm³/mol. The Morgan fingerprint density at radius 3 is 2.74 bits per heavy atom. The van der Waals surface area contributed by atoms with Gasteiger partial charge in [-0.05, 0) is 30.2 Å². The molecule has 0 heterocycles. The molecule has 0 amide bonds. The fourth-order valence-corrected chi connectivity index (χ4v) is 2.03. The normalized spacial score (nSPS) is 16.9. The first-order valence-electron chi connectivity index (χ1n) is 6.33. The summed E-state index contributed by atoms with van der Waals surface area (Å²) in [5, 5.41) is 16.8. The van der Waals surface area contributed by atoms with Crippen LogP contribution in [-0.4, -0.2) is 12.3 Å². The molecule has 0 saturated carbocycles. The third-order valence-corrected chi connectivity index (χ3v) is 2.95. The van der Waals surface area contributed by atoms with Crippen molar-refractivity contribution in [2.45, 2.75) is 19.8 Å². The highest BCUT2D eigenvalue weighted by Crippen LogP contribution is 2.24. The zero-order valence-corrected chi connectivity index (χ0v) is 10.9. The quantitative estimate of drug-likeness (QED) is 0.891. The molecular formula is C16H16N2O. The first-order valence-corrected chi connectivity index (χ1v) is 6.33. The molecule has 0 radical (unpaired) electrons. The van der Waals surface area contributed by atoms with Crippen molar-refractivity contribution in [2.75, 3.05) is 6.61 Å². The highest BCUT2D eigenvalue weighted by Gasteiger charge is 2.13. The van der Waals surface area contributed by atoms with Crippen LogP contribution in [0.25, 0.3) is 6.08 Å². The van der Waals surface area contributed by atoms with Gasteiger partial charge in [0, 0.05) is 18.6 Å². The van der Waals surface area contributed by atoms with Crippen LogP contribution < -0.4 is 4.74 Å². The zero-order chi connectivity index (χ0) is 13.7. The minimum atomic E-state index is 0.562. The van der Waals surface area contributed by atoms with Gasteiger partial charge in [0.25, 0.3) is 0 Å². The van der Waals surface area contributed by atoms with Gasteiger partial charge in [0.15, 0.2) is 0 Å². The number of allylic oxidation sites excluding steroid dienone is 3. The Morgan fingerprint density at radius 2 is 2.11 bits per heavy atom. The van der Waals surface area contributed by atoms with E-state index in [2.05, 4.69) is 6.07 Å². The summed E-state index contributed by atoms with van der Waals surface area (Å²) in [5.74, 6) is 0.845. The number of rotatable bonds is 3. The van der Waals surface area contributed by atoms with E-state index in [4.69, 9.17) is 15.4 Å². The molecule has 0 spiro atoms. The third-order valence-electron chi connectivity index (χ3n) is 2.95. The highest BCUT2D eigenvalue weighted by molar-refractivity contribution is 5.90. The molecule has 1 N–H and O–H groups in total. The average molecular weight is 252 g/mol. The molecule has 0 atom stereocenters. The Hall–Kier alpha value is -2.34. The molecule has 3 nitrogen and oxygen atoms in total. The van der Waals surface area contributed by atoms with E-state index in [0.717, 1.165) is 16.9 Å². The van der Waals surface area contributed by atoms with Gasteiger partial charge >= 0.3 is 0 Å². The first-order chi connectivity index (χ1) is 9.22. The van der Waals surface area contributed by atoms with Gasteiger partial charge < -0.3 is 10.1 Å². The summed E-state index contributed by atoms with van der Waals surface area (Å²) < 4.78 is 5.39. The van der Waals surface area contributed by atoms with Crippen molar-refractivity contribution in [1.82, 2.24) is 0 Å². The smallest absolute Gasteiger partial charge is 0.119 e. The van der Waals surface area contributed by atoms with E-state index in [9.17, 15) is 0 Å². The SMILES string of the molecule is CCOc1ccc(C=C2CC(=N)CC=C2C#N)cc1. The molecule has 1 aliphatic rings. The molecule has 1 aliphatic carbocycles. The summed E-state index contributed by atoms with van der Waals surface area (Å²) in [4.78, 5) is 0.